The first-order valence-electron chi connectivity index (χ1n) is 6.33. The molecule has 68 valence electrons. The standard InChI is InChI=1S/C12H15N/c1-9-8-12(2,3)13-11-7-5-4-6-10(9)11/h4-8,13H,1-3H3/i4D,5D,6D,7D. The zero-order chi connectivity index (χ0) is 13.0. The minimum absolute atomic E-state index is 0.00141. The van der Waals surface area contributed by atoms with Gasteiger partial charge in [0.2, 0.25) is 0 Å². The predicted molar refractivity (Wildman–Crippen MR) is 57.8 cm³/mol. The Kier molecular flexibility index (Phi) is 0.979. The average Bonchev–Trinajstić information content (AvgIpc) is 2.21. The summed E-state index contributed by atoms with van der Waals surface area (Å²) < 4.78 is 31.1. The second-order valence-corrected chi connectivity index (χ2v) is 3.92. The fourth-order valence-electron chi connectivity index (χ4n) is 1.67. The van der Waals surface area contributed by atoms with Crippen LogP contribution < -0.4 is 5.32 Å². The first kappa shape index (κ1) is 4.85. The summed E-state index contributed by atoms with van der Waals surface area (Å²) in [5, 5.41) is 3.16. The average molecular weight is 177 g/mol. The minimum Gasteiger partial charge on any atom is -0.376 e. The second-order valence-electron chi connectivity index (χ2n) is 3.92. The van der Waals surface area contributed by atoms with Crippen LogP contribution in [-0.2, 0) is 0 Å². The van der Waals surface area contributed by atoms with E-state index in [9.17, 15) is 0 Å². The molecular formula is C12H15N. The summed E-state index contributed by atoms with van der Waals surface area (Å²) >= 11 is 0. The lowest BCUT2D eigenvalue weighted by atomic mass is 9.91. The van der Waals surface area contributed by atoms with E-state index in [4.69, 9.17) is 5.48 Å². The normalized spacial score (nSPS) is 22.8. The molecular weight excluding hydrogens is 158 g/mol. The van der Waals surface area contributed by atoms with E-state index in [1.54, 1.807) is 0 Å². The Bertz CT molecular complexity index is 532. The number of anilines is 1. The van der Waals surface area contributed by atoms with Gasteiger partial charge in [0.1, 0.15) is 0 Å². The van der Waals surface area contributed by atoms with E-state index in [-0.39, 0.29) is 29.7 Å². The molecule has 1 aliphatic rings. The van der Waals surface area contributed by atoms with Gasteiger partial charge in [0, 0.05) is 11.3 Å². The van der Waals surface area contributed by atoms with Crippen LogP contribution in [0.2, 0.25) is 0 Å². The number of nitrogens with one attached hydrogen (secondary N) is 1. The van der Waals surface area contributed by atoms with Gasteiger partial charge in [0.05, 0.1) is 11.0 Å². The van der Waals surface area contributed by atoms with Crippen LogP contribution in [0.15, 0.2) is 30.2 Å². The van der Waals surface area contributed by atoms with Crippen LogP contribution in [0.3, 0.4) is 0 Å². The van der Waals surface area contributed by atoms with E-state index in [2.05, 4.69) is 5.32 Å². The summed E-state index contributed by atoms with van der Waals surface area (Å²) in [6.45, 7) is 5.82. The van der Waals surface area contributed by atoms with E-state index in [1.165, 1.54) is 0 Å². The maximum atomic E-state index is 7.90. The molecule has 0 radical (unpaired) electrons. The molecule has 1 N–H and O–H groups in total. The van der Waals surface area contributed by atoms with Crippen LogP contribution in [0.4, 0.5) is 5.69 Å². The summed E-state index contributed by atoms with van der Waals surface area (Å²) in [6, 6.07) is -0.339. The first-order valence-corrected chi connectivity index (χ1v) is 4.33. The zero-order valence-corrected chi connectivity index (χ0v) is 8.08. The van der Waals surface area contributed by atoms with E-state index >= 15 is 0 Å². The maximum absolute atomic E-state index is 7.90. The minimum atomic E-state index is -0.296. The number of hydrogen-bond acceptors (Lipinski definition) is 1. The molecule has 0 amide bonds. The molecule has 0 unspecified atom stereocenters. The molecule has 1 aromatic carbocycles. The Morgan fingerprint density at radius 1 is 1.31 bits per heavy atom. The van der Waals surface area contributed by atoms with Gasteiger partial charge in [-0.3, -0.25) is 0 Å². The van der Waals surface area contributed by atoms with Crippen molar-refractivity contribution < 1.29 is 5.48 Å². The molecule has 2 rings (SSSR count). The molecule has 0 atom stereocenters. The number of para-hydroxylation sites is 1. The van der Waals surface area contributed by atoms with Crippen molar-refractivity contribution in [1.29, 1.82) is 0 Å². The Labute approximate surface area is 85.1 Å². The zero-order valence-electron chi connectivity index (χ0n) is 12.1. The van der Waals surface area contributed by atoms with Crippen LogP contribution >= 0.6 is 0 Å². The smallest absolute Gasteiger partial charge is 0.0645 e. The topological polar surface area (TPSA) is 12.0 Å². The Morgan fingerprint density at radius 2 is 2.00 bits per heavy atom. The van der Waals surface area contributed by atoms with Gasteiger partial charge in [-0.1, -0.05) is 24.2 Å². The fraction of sp³-hybridized carbons (Fsp3) is 0.333. The van der Waals surface area contributed by atoms with Crippen molar-refractivity contribution in [3.05, 3.63) is 35.8 Å². The highest BCUT2D eigenvalue weighted by Crippen LogP contribution is 2.32. The van der Waals surface area contributed by atoms with E-state index in [0.717, 1.165) is 5.57 Å². The van der Waals surface area contributed by atoms with Crippen molar-refractivity contribution in [2.45, 2.75) is 26.3 Å². The summed E-state index contributed by atoms with van der Waals surface area (Å²) in [4.78, 5) is 0. The van der Waals surface area contributed by atoms with Crippen LogP contribution in [0.5, 0.6) is 0 Å². The first-order chi connectivity index (χ1) is 7.74. The van der Waals surface area contributed by atoms with Gasteiger partial charge in [-0.2, -0.15) is 0 Å². The maximum Gasteiger partial charge on any atom is 0.0645 e. The highest BCUT2D eigenvalue weighted by molar-refractivity contribution is 5.79. The van der Waals surface area contributed by atoms with Gasteiger partial charge < -0.3 is 5.32 Å². The lowest BCUT2D eigenvalue weighted by Gasteiger charge is -2.31. The van der Waals surface area contributed by atoms with Crippen molar-refractivity contribution >= 4 is 11.3 Å². The quantitative estimate of drug-likeness (QED) is 0.641. The molecule has 1 heterocycles. The summed E-state index contributed by atoms with van der Waals surface area (Å²) in [6.07, 6.45) is 1.98. The molecule has 1 aromatic rings. The van der Waals surface area contributed by atoms with Crippen LogP contribution in [0.25, 0.3) is 5.57 Å². The summed E-state index contributed by atoms with van der Waals surface area (Å²) in [7, 11) is 0. The third kappa shape index (κ3) is 1.46. The molecule has 13 heavy (non-hydrogen) atoms. The molecule has 0 spiro atoms. The molecule has 0 saturated carbocycles. The number of allylic oxidation sites excluding steroid dienone is 1. The fourth-order valence-corrected chi connectivity index (χ4v) is 1.67. The second kappa shape index (κ2) is 2.63. The highest BCUT2D eigenvalue weighted by atomic mass is 15.0. The van der Waals surface area contributed by atoms with Crippen molar-refractivity contribution in [3.8, 4) is 0 Å². The molecule has 0 saturated heterocycles. The van der Waals surface area contributed by atoms with Crippen LogP contribution in [0, 0.1) is 0 Å². The van der Waals surface area contributed by atoms with Crippen LogP contribution in [0.1, 0.15) is 31.8 Å². The van der Waals surface area contributed by atoms with Crippen molar-refractivity contribution in [2.24, 2.45) is 0 Å². The SMILES string of the molecule is [2H]c1c([2H])c([2H])c2c(c1[2H])NC(C)(C)C=C2C. The Balaban J connectivity index is 2.81. The molecule has 1 heteroatoms. The number of benzene rings is 1. The number of hydrogen-bond donors (Lipinski definition) is 1. The molecule has 1 aliphatic heterocycles. The van der Waals surface area contributed by atoms with Crippen LogP contribution in [-0.4, -0.2) is 5.54 Å². The van der Waals surface area contributed by atoms with Crippen molar-refractivity contribution in [2.75, 3.05) is 5.32 Å². The third-order valence-electron chi connectivity index (χ3n) is 2.11. The van der Waals surface area contributed by atoms with E-state index in [1.807, 2.05) is 26.8 Å². The van der Waals surface area contributed by atoms with Gasteiger partial charge in [-0.15, -0.1) is 0 Å². The summed E-state index contributed by atoms with van der Waals surface area (Å²) in [5.74, 6) is 0. The van der Waals surface area contributed by atoms with Gasteiger partial charge in [-0.05, 0) is 32.4 Å². The monoisotopic (exact) mass is 177 g/mol. The highest BCUT2D eigenvalue weighted by Gasteiger charge is 2.21. The molecule has 0 bridgehead atoms. The van der Waals surface area contributed by atoms with E-state index < -0.39 is 0 Å². The van der Waals surface area contributed by atoms with E-state index in [0.29, 0.717) is 11.3 Å². The lowest BCUT2D eigenvalue weighted by molar-refractivity contribution is 0.707. The Morgan fingerprint density at radius 3 is 2.77 bits per heavy atom. The van der Waals surface area contributed by atoms with Gasteiger partial charge in [-0.25, -0.2) is 0 Å². The van der Waals surface area contributed by atoms with Crippen molar-refractivity contribution in [3.63, 3.8) is 0 Å². The van der Waals surface area contributed by atoms with Gasteiger partial charge in [0.15, 0.2) is 0 Å². The molecule has 1 nitrogen and oxygen atoms in total. The van der Waals surface area contributed by atoms with Gasteiger partial charge in [0.25, 0.3) is 0 Å². The number of rotatable bonds is 0. The molecule has 0 aliphatic carbocycles. The summed E-state index contributed by atoms with van der Waals surface area (Å²) in [5.41, 5.74) is 1.67. The lowest BCUT2D eigenvalue weighted by Crippen LogP contribution is -2.31. The molecule has 0 aromatic heterocycles. The molecule has 0 fully saturated rings. The number of fused-ring (bicyclic) bond motifs is 1. The van der Waals surface area contributed by atoms with Crippen molar-refractivity contribution in [1.82, 2.24) is 0 Å². The Hall–Kier alpha value is -1.24. The van der Waals surface area contributed by atoms with Gasteiger partial charge >= 0.3 is 0 Å². The third-order valence-corrected chi connectivity index (χ3v) is 2.11. The largest absolute Gasteiger partial charge is 0.376 e. The predicted octanol–water partition coefficient (Wildman–Crippen LogP) is 3.29.